The Labute approximate surface area is 189 Å². The minimum absolute atomic E-state index is 0.190. The molecule has 2 aromatic carbocycles. The Morgan fingerprint density at radius 3 is 2.16 bits per heavy atom. The highest BCUT2D eigenvalue weighted by atomic mass is 16.5. The zero-order chi connectivity index (χ0) is 22.8. The number of nitrogens with one attached hydrogen (secondary N) is 2. The number of amides is 3. The predicted octanol–water partition coefficient (Wildman–Crippen LogP) is 2.90. The van der Waals surface area contributed by atoms with Crippen molar-refractivity contribution in [3.63, 3.8) is 0 Å². The summed E-state index contributed by atoms with van der Waals surface area (Å²) in [7, 11) is 0. The molecular weight excluding hydrogens is 406 g/mol. The number of hydrogen-bond acceptors (Lipinski definition) is 4. The van der Waals surface area contributed by atoms with Crippen molar-refractivity contribution < 1.29 is 19.1 Å². The number of likely N-dealkylation sites (tertiary alicyclic amines) is 1. The maximum absolute atomic E-state index is 12.6. The zero-order valence-electron chi connectivity index (χ0n) is 18.5. The molecule has 0 saturated carbocycles. The van der Waals surface area contributed by atoms with E-state index in [9.17, 15) is 14.4 Å². The van der Waals surface area contributed by atoms with E-state index < -0.39 is 18.1 Å². The van der Waals surface area contributed by atoms with Crippen LogP contribution in [0, 0.1) is 5.92 Å². The van der Waals surface area contributed by atoms with Gasteiger partial charge < -0.3 is 20.3 Å². The van der Waals surface area contributed by atoms with E-state index in [1.165, 1.54) is 5.56 Å². The number of esters is 1. The molecule has 1 heterocycles. The Kier molecular flexibility index (Phi) is 8.66. The van der Waals surface area contributed by atoms with Gasteiger partial charge in [-0.1, -0.05) is 60.7 Å². The molecule has 1 aliphatic heterocycles. The fourth-order valence-corrected chi connectivity index (χ4v) is 3.84. The van der Waals surface area contributed by atoms with Crippen LogP contribution in [0.4, 0.5) is 4.79 Å². The zero-order valence-corrected chi connectivity index (χ0v) is 18.5. The fourth-order valence-electron chi connectivity index (χ4n) is 3.84. The number of carbonyl (C=O) groups is 3. The van der Waals surface area contributed by atoms with E-state index in [1.807, 2.05) is 48.5 Å². The van der Waals surface area contributed by atoms with Gasteiger partial charge >= 0.3 is 12.0 Å². The molecular formula is C25H31N3O4. The topological polar surface area (TPSA) is 87.7 Å². The lowest BCUT2D eigenvalue weighted by Crippen LogP contribution is -2.45. The quantitative estimate of drug-likeness (QED) is 0.622. The number of carbonyl (C=O) groups excluding carboxylic acids is 3. The highest BCUT2D eigenvalue weighted by Gasteiger charge is 2.28. The average Bonchev–Trinajstić information content (AvgIpc) is 2.82. The van der Waals surface area contributed by atoms with E-state index in [-0.39, 0.29) is 12.5 Å². The molecule has 2 N–H and O–H groups in total. The van der Waals surface area contributed by atoms with Gasteiger partial charge in [0.1, 0.15) is 6.54 Å². The summed E-state index contributed by atoms with van der Waals surface area (Å²) in [6, 6.07) is 19.4. The number of urea groups is 1. The molecule has 7 nitrogen and oxygen atoms in total. The van der Waals surface area contributed by atoms with Gasteiger partial charge in [-0.05, 0) is 43.2 Å². The van der Waals surface area contributed by atoms with Crippen LogP contribution in [0.5, 0.6) is 0 Å². The largest absolute Gasteiger partial charge is 0.451 e. The second-order valence-corrected chi connectivity index (χ2v) is 8.11. The first-order valence-electron chi connectivity index (χ1n) is 11.1. The van der Waals surface area contributed by atoms with Gasteiger partial charge in [0.2, 0.25) is 0 Å². The van der Waals surface area contributed by atoms with Crippen LogP contribution in [0.1, 0.15) is 30.9 Å². The fraction of sp³-hybridized carbons (Fsp3) is 0.400. The number of hydrogen-bond donors (Lipinski definition) is 2. The summed E-state index contributed by atoms with van der Waals surface area (Å²) in [6.07, 6.45) is 2.02. The summed E-state index contributed by atoms with van der Waals surface area (Å²) in [6.45, 7) is 2.97. The first kappa shape index (κ1) is 23.3. The number of benzene rings is 2. The molecule has 2 aromatic rings. The van der Waals surface area contributed by atoms with Crippen LogP contribution in [0.15, 0.2) is 60.7 Å². The van der Waals surface area contributed by atoms with Crippen LogP contribution < -0.4 is 10.6 Å². The lowest BCUT2D eigenvalue weighted by molar-refractivity contribution is -0.158. The Bertz CT molecular complexity index is 881. The summed E-state index contributed by atoms with van der Waals surface area (Å²) < 4.78 is 5.23. The maximum atomic E-state index is 12.6. The number of nitrogens with zero attached hydrogens (tertiary/aromatic N) is 1. The lowest BCUT2D eigenvalue weighted by atomic mass is 9.90. The third-order valence-electron chi connectivity index (χ3n) is 5.64. The summed E-state index contributed by atoms with van der Waals surface area (Å²) in [5, 5.41) is 5.13. The number of rotatable bonds is 8. The summed E-state index contributed by atoms with van der Waals surface area (Å²) in [5.74, 6) is -0.275. The number of ether oxygens (including phenoxy) is 1. The molecule has 170 valence electrons. The molecule has 1 unspecified atom stereocenters. The smallest absolute Gasteiger partial charge is 0.326 e. The molecule has 3 rings (SSSR count). The Morgan fingerprint density at radius 2 is 1.53 bits per heavy atom. The summed E-state index contributed by atoms with van der Waals surface area (Å²) in [4.78, 5) is 38.3. The minimum Gasteiger partial charge on any atom is -0.451 e. The van der Waals surface area contributed by atoms with E-state index in [4.69, 9.17) is 4.74 Å². The molecule has 7 heteroatoms. The van der Waals surface area contributed by atoms with Gasteiger partial charge in [0.25, 0.3) is 5.91 Å². The molecule has 0 aliphatic carbocycles. The third-order valence-corrected chi connectivity index (χ3v) is 5.64. The first-order chi connectivity index (χ1) is 15.5. The molecule has 0 radical (unpaired) electrons. The molecule has 3 amide bonds. The van der Waals surface area contributed by atoms with Crippen LogP contribution >= 0.6 is 0 Å². The lowest BCUT2D eigenvalue weighted by Gasteiger charge is -2.33. The van der Waals surface area contributed by atoms with E-state index in [1.54, 1.807) is 11.8 Å². The number of piperidine rings is 1. The highest BCUT2D eigenvalue weighted by Crippen LogP contribution is 2.22. The molecule has 1 saturated heterocycles. The van der Waals surface area contributed by atoms with Gasteiger partial charge in [0, 0.05) is 19.6 Å². The summed E-state index contributed by atoms with van der Waals surface area (Å²) in [5.41, 5.74) is 2.27. The van der Waals surface area contributed by atoms with Gasteiger partial charge in [0.15, 0.2) is 6.10 Å². The Hall–Kier alpha value is -3.35. The van der Waals surface area contributed by atoms with Gasteiger partial charge in [-0.2, -0.15) is 0 Å². The summed E-state index contributed by atoms with van der Waals surface area (Å²) >= 11 is 0. The van der Waals surface area contributed by atoms with Crippen LogP contribution in [-0.2, 0) is 27.3 Å². The molecule has 0 spiro atoms. The minimum atomic E-state index is -0.873. The van der Waals surface area contributed by atoms with Crippen molar-refractivity contribution in [2.45, 2.75) is 38.8 Å². The second kappa shape index (κ2) is 11.9. The second-order valence-electron chi connectivity index (χ2n) is 8.11. The molecule has 1 fully saturated rings. The molecule has 32 heavy (non-hydrogen) atoms. The van der Waals surface area contributed by atoms with Crippen molar-refractivity contribution in [3.05, 3.63) is 71.8 Å². The van der Waals surface area contributed by atoms with Gasteiger partial charge in [0.05, 0.1) is 0 Å². The van der Waals surface area contributed by atoms with E-state index >= 15 is 0 Å². The van der Waals surface area contributed by atoms with E-state index in [0.29, 0.717) is 25.6 Å². The van der Waals surface area contributed by atoms with Crippen LogP contribution in [0.25, 0.3) is 0 Å². The molecule has 0 aromatic heterocycles. The van der Waals surface area contributed by atoms with Crippen LogP contribution in [-0.4, -0.2) is 48.5 Å². The molecule has 1 aliphatic rings. The maximum Gasteiger partial charge on any atom is 0.326 e. The van der Waals surface area contributed by atoms with Crippen molar-refractivity contribution in [2.24, 2.45) is 5.92 Å². The normalized spacial score (nSPS) is 15.0. The Morgan fingerprint density at radius 1 is 0.938 bits per heavy atom. The van der Waals surface area contributed by atoms with Crippen molar-refractivity contribution in [1.82, 2.24) is 15.5 Å². The van der Waals surface area contributed by atoms with Crippen LogP contribution in [0.2, 0.25) is 0 Å². The standard InChI is InChI=1S/C25H31N3O4/c1-19(32-23(29)18-27-25(31)26-17-22-10-6-3-7-11-22)24(30)28-14-12-21(13-15-28)16-20-8-4-2-5-9-20/h2-11,19,21H,12-18H2,1H3,(H2,26,27,31). The SMILES string of the molecule is CC(OC(=O)CNC(=O)NCc1ccccc1)C(=O)N1CCC(Cc2ccccc2)CC1. The van der Waals surface area contributed by atoms with Gasteiger partial charge in [-0.25, -0.2) is 4.79 Å². The highest BCUT2D eigenvalue weighted by molar-refractivity contribution is 5.85. The van der Waals surface area contributed by atoms with Gasteiger partial charge in [-0.3, -0.25) is 9.59 Å². The predicted molar refractivity (Wildman–Crippen MR) is 122 cm³/mol. The first-order valence-corrected chi connectivity index (χ1v) is 11.1. The molecule has 1 atom stereocenters. The van der Waals surface area contributed by atoms with Crippen molar-refractivity contribution in [3.8, 4) is 0 Å². The van der Waals surface area contributed by atoms with E-state index in [0.717, 1.165) is 24.8 Å². The van der Waals surface area contributed by atoms with Gasteiger partial charge in [-0.15, -0.1) is 0 Å². The van der Waals surface area contributed by atoms with Crippen molar-refractivity contribution >= 4 is 17.9 Å². The monoisotopic (exact) mass is 437 g/mol. The third kappa shape index (κ3) is 7.41. The Balaban J connectivity index is 1.33. The molecule has 0 bridgehead atoms. The van der Waals surface area contributed by atoms with E-state index in [2.05, 4.69) is 22.8 Å². The van der Waals surface area contributed by atoms with Crippen molar-refractivity contribution in [2.75, 3.05) is 19.6 Å². The average molecular weight is 438 g/mol. The van der Waals surface area contributed by atoms with Crippen molar-refractivity contribution in [1.29, 1.82) is 0 Å². The van der Waals surface area contributed by atoms with Crippen LogP contribution in [0.3, 0.4) is 0 Å².